The smallest absolute Gasteiger partial charge is 0.243 e. The number of nitrogens with one attached hydrogen (secondary N) is 1. The van der Waals surface area contributed by atoms with Crippen LogP contribution < -0.4 is 11.1 Å². The lowest BCUT2D eigenvalue weighted by Crippen LogP contribution is -2.43. The molecule has 0 radical (unpaired) electrons. The second-order valence-electron chi connectivity index (χ2n) is 7.80. The van der Waals surface area contributed by atoms with Crippen molar-refractivity contribution in [2.45, 2.75) is 38.0 Å². The molecule has 0 saturated carbocycles. The van der Waals surface area contributed by atoms with E-state index in [1.165, 1.54) is 4.31 Å². The Balaban J connectivity index is 1.70. The zero-order valence-electron chi connectivity index (χ0n) is 17.2. The van der Waals surface area contributed by atoms with E-state index >= 15 is 0 Å². The fourth-order valence-electron chi connectivity index (χ4n) is 3.65. The summed E-state index contributed by atoms with van der Waals surface area (Å²) in [5.74, 6) is -1.05. The van der Waals surface area contributed by atoms with Gasteiger partial charge in [-0.15, -0.1) is 0 Å². The van der Waals surface area contributed by atoms with Gasteiger partial charge in [0.25, 0.3) is 0 Å². The third-order valence-electron chi connectivity index (χ3n) is 5.32. The molecule has 160 valence electrons. The van der Waals surface area contributed by atoms with Gasteiger partial charge in [0.2, 0.25) is 21.8 Å². The van der Waals surface area contributed by atoms with Crippen LogP contribution in [-0.2, 0) is 26.0 Å². The fraction of sp³-hybridized carbons (Fsp3) is 0.364. The Bertz CT molecular complexity index is 1050. The van der Waals surface area contributed by atoms with Crippen molar-refractivity contribution in [1.29, 1.82) is 0 Å². The van der Waals surface area contributed by atoms with Crippen molar-refractivity contribution in [3.63, 3.8) is 0 Å². The lowest BCUT2D eigenvalue weighted by Gasteiger charge is -2.31. The number of carbonyl (C=O) groups excluding carboxylic acids is 2. The van der Waals surface area contributed by atoms with Crippen LogP contribution in [0.25, 0.3) is 0 Å². The van der Waals surface area contributed by atoms with Crippen LogP contribution in [0.1, 0.15) is 29.5 Å². The quantitative estimate of drug-likeness (QED) is 0.734. The molecule has 1 atom stereocenters. The topological polar surface area (TPSA) is 110 Å². The van der Waals surface area contributed by atoms with Crippen molar-refractivity contribution in [1.82, 2.24) is 4.31 Å². The number of benzene rings is 2. The maximum atomic E-state index is 13.2. The SMILES string of the molecule is Cc1ccc(C)c(S(=O)(=O)N2CCC[C@@H](C(=O)Nc3ccc(CC(N)=O)cc3)C2)c1. The van der Waals surface area contributed by atoms with Crippen molar-refractivity contribution in [3.8, 4) is 0 Å². The molecule has 3 rings (SSSR count). The van der Waals surface area contributed by atoms with Gasteiger partial charge in [-0.05, 0) is 61.6 Å². The maximum Gasteiger partial charge on any atom is 0.243 e. The zero-order chi connectivity index (χ0) is 21.9. The summed E-state index contributed by atoms with van der Waals surface area (Å²) < 4.78 is 27.8. The molecule has 1 aliphatic rings. The van der Waals surface area contributed by atoms with E-state index in [4.69, 9.17) is 5.73 Å². The van der Waals surface area contributed by atoms with Crippen molar-refractivity contribution in [2.24, 2.45) is 11.7 Å². The average molecular weight is 430 g/mol. The molecule has 1 saturated heterocycles. The van der Waals surface area contributed by atoms with Crippen molar-refractivity contribution < 1.29 is 18.0 Å². The summed E-state index contributed by atoms with van der Waals surface area (Å²) in [6.07, 6.45) is 1.40. The van der Waals surface area contributed by atoms with Crippen LogP contribution in [0.4, 0.5) is 5.69 Å². The largest absolute Gasteiger partial charge is 0.369 e. The summed E-state index contributed by atoms with van der Waals surface area (Å²) in [5.41, 5.74) is 8.13. The van der Waals surface area contributed by atoms with Gasteiger partial charge in [0, 0.05) is 18.8 Å². The van der Waals surface area contributed by atoms with Gasteiger partial charge in [-0.25, -0.2) is 8.42 Å². The second kappa shape index (κ2) is 8.97. The summed E-state index contributed by atoms with van der Waals surface area (Å²) in [4.78, 5) is 24.0. The van der Waals surface area contributed by atoms with Crippen molar-refractivity contribution in [3.05, 3.63) is 59.2 Å². The Morgan fingerprint density at radius 3 is 2.50 bits per heavy atom. The Kier molecular flexibility index (Phi) is 6.58. The predicted molar refractivity (Wildman–Crippen MR) is 115 cm³/mol. The Labute approximate surface area is 177 Å². The van der Waals surface area contributed by atoms with E-state index < -0.39 is 21.8 Å². The number of rotatable bonds is 6. The second-order valence-corrected chi connectivity index (χ2v) is 9.71. The summed E-state index contributed by atoms with van der Waals surface area (Å²) in [6, 6.07) is 12.3. The highest BCUT2D eigenvalue weighted by molar-refractivity contribution is 7.89. The molecule has 1 fully saturated rings. The number of nitrogens with zero attached hydrogens (tertiary/aromatic N) is 1. The Morgan fingerprint density at radius 2 is 1.83 bits per heavy atom. The van der Waals surface area contributed by atoms with E-state index in [1.807, 2.05) is 13.0 Å². The molecule has 1 heterocycles. The van der Waals surface area contributed by atoms with E-state index in [-0.39, 0.29) is 18.9 Å². The number of aryl methyl sites for hydroxylation is 2. The zero-order valence-corrected chi connectivity index (χ0v) is 18.0. The summed E-state index contributed by atoms with van der Waals surface area (Å²) in [6.45, 7) is 4.20. The maximum absolute atomic E-state index is 13.2. The van der Waals surface area contributed by atoms with E-state index in [0.717, 1.165) is 11.1 Å². The highest BCUT2D eigenvalue weighted by atomic mass is 32.2. The number of primary amides is 1. The van der Waals surface area contributed by atoms with Gasteiger partial charge in [-0.2, -0.15) is 4.31 Å². The van der Waals surface area contributed by atoms with Crippen molar-refractivity contribution in [2.75, 3.05) is 18.4 Å². The van der Waals surface area contributed by atoms with E-state index in [9.17, 15) is 18.0 Å². The summed E-state index contributed by atoms with van der Waals surface area (Å²) >= 11 is 0. The van der Waals surface area contributed by atoms with Gasteiger partial charge in [-0.1, -0.05) is 24.3 Å². The van der Waals surface area contributed by atoms with Crippen molar-refractivity contribution >= 4 is 27.5 Å². The normalized spacial score (nSPS) is 17.5. The van der Waals surface area contributed by atoms with Gasteiger partial charge >= 0.3 is 0 Å². The molecule has 0 bridgehead atoms. The first-order valence-corrected chi connectivity index (χ1v) is 11.4. The van der Waals surface area contributed by atoms with E-state index in [0.29, 0.717) is 35.5 Å². The first kappa shape index (κ1) is 22.0. The number of hydrogen-bond acceptors (Lipinski definition) is 4. The molecule has 0 spiro atoms. The fourth-order valence-corrected chi connectivity index (χ4v) is 5.48. The first-order valence-electron chi connectivity index (χ1n) is 9.92. The number of sulfonamides is 1. The van der Waals surface area contributed by atoms with Gasteiger partial charge in [0.05, 0.1) is 17.2 Å². The molecule has 3 N–H and O–H groups in total. The molecule has 30 heavy (non-hydrogen) atoms. The molecule has 2 aromatic rings. The van der Waals surface area contributed by atoms with Crippen LogP contribution in [0.3, 0.4) is 0 Å². The molecule has 2 amide bonds. The van der Waals surface area contributed by atoms with Gasteiger partial charge < -0.3 is 11.1 Å². The molecule has 7 nitrogen and oxygen atoms in total. The van der Waals surface area contributed by atoms with Gasteiger partial charge in [0.15, 0.2) is 0 Å². The summed E-state index contributed by atoms with van der Waals surface area (Å²) in [7, 11) is -3.66. The number of anilines is 1. The molecule has 2 aromatic carbocycles. The molecule has 0 unspecified atom stereocenters. The number of piperidine rings is 1. The van der Waals surface area contributed by atoms with Crippen LogP contribution >= 0.6 is 0 Å². The minimum Gasteiger partial charge on any atom is -0.369 e. The van der Waals surface area contributed by atoms with Crippen LogP contribution in [0.5, 0.6) is 0 Å². The molecule has 0 aromatic heterocycles. The number of carbonyl (C=O) groups is 2. The van der Waals surface area contributed by atoms with Gasteiger partial charge in [-0.3, -0.25) is 9.59 Å². The molecule has 8 heteroatoms. The first-order chi connectivity index (χ1) is 14.2. The molecular weight excluding hydrogens is 402 g/mol. The van der Waals surface area contributed by atoms with Crippen LogP contribution in [-0.4, -0.2) is 37.6 Å². The van der Waals surface area contributed by atoms with Crippen LogP contribution in [0.15, 0.2) is 47.4 Å². The monoisotopic (exact) mass is 429 g/mol. The lowest BCUT2D eigenvalue weighted by atomic mass is 9.98. The van der Waals surface area contributed by atoms with Gasteiger partial charge in [0.1, 0.15) is 0 Å². The standard InChI is InChI=1S/C22H27N3O4S/c1-15-5-6-16(2)20(12-15)30(28,29)25-11-3-4-18(14-25)22(27)24-19-9-7-17(8-10-19)13-21(23)26/h5-10,12,18H,3-4,11,13-14H2,1-2H3,(H2,23,26)(H,24,27)/t18-/m1/s1. The highest BCUT2D eigenvalue weighted by Gasteiger charge is 2.34. The predicted octanol–water partition coefficient (Wildman–Crippen LogP) is 2.37. The minimum absolute atomic E-state index is 0.141. The molecular formula is C22H27N3O4S. The highest BCUT2D eigenvalue weighted by Crippen LogP contribution is 2.27. The third-order valence-corrected chi connectivity index (χ3v) is 7.32. The van der Waals surface area contributed by atoms with E-state index in [1.54, 1.807) is 43.3 Å². The average Bonchev–Trinajstić information content (AvgIpc) is 2.71. The number of nitrogens with two attached hydrogens (primary N) is 1. The van der Waals surface area contributed by atoms with Crippen LogP contribution in [0.2, 0.25) is 0 Å². The number of hydrogen-bond donors (Lipinski definition) is 2. The molecule has 1 aliphatic heterocycles. The van der Waals surface area contributed by atoms with E-state index in [2.05, 4.69) is 5.32 Å². The lowest BCUT2D eigenvalue weighted by molar-refractivity contribution is -0.121. The molecule has 0 aliphatic carbocycles. The Hall–Kier alpha value is -2.71. The van der Waals surface area contributed by atoms with Crippen LogP contribution in [0, 0.1) is 19.8 Å². The summed E-state index contributed by atoms with van der Waals surface area (Å²) in [5, 5.41) is 2.85. The third kappa shape index (κ3) is 5.06. The number of amides is 2. The minimum atomic E-state index is -3.66. The Morgan fingerprint density at radius 1 is 1.13 bits per heavy atom.